The number of hydrogen-bond acceptors (Lipinski definition) is 5. The average Bonchev–Trinajstić information content (AvgIpc) is 2.92. The van der Waals surface area contributed by atoms with Crippen LogP contribution < -0.4 is 4.72 Å². The molecule has 3 rings (SSSR count). The van der Waals surface area contributed by atoms with Crippen molar-refractivity contribution in [1.29, 1.82) is 0 Å². The quantitative estimate of drug-likeness (QED) is 0.737. The van der Waals surface area contributed by atoms with Crippen molar-refractivity contribution in [1.82, 2.24) is 24.7 Å². The lowest BCUT2D eigenvalue weighted by Gasteiger charge is -2.05. The van der Waals surface area contributed by atoms with E-state index >= 15 is 0 Å². The monoisotopic (exact) mass is 343 g/mol. The molecule has 0 saturated heterocycles. The third-order valence-corrected chi connectivity index (χ3v) is 4.93. The number of aromatic nitrogens is 4. The SMILES string of the molecule is Cc1nc(CNS(=O)(=O)c2cnc(-c3ccccc3)nc2)[nH]c1C. The van der Waals surface area contributed by atoms with Crippen molar-refractivity contribution in [3.8, 4) is 11.4 Å². The van der Waals surface area contributed by atoms with Crippen LogP contribution in [0.25, 0.3) is 11.4 Å². The summed E-state index contributed by atoms with van der Waals surface area (Å²) in [6.45, 7) is 3.83. The van der Waals surface area contributed by atoms with Crippen LogP contribution >= 0.6 is 0 Å². The Bertz CT molecular complexity index is 915. The normalized spacial score (nSPS) is 11.6. The van der Waals surface area contributed by atoms with Crippen LogP contribution in [-0.2, 0) is 16.6 Å². The zero-order valence-corrected chi connectivity index (χ0v) is 14.1. The van der Waals surface area contributed by atoms with Crippen molar-refractivity contribution in [3.05, 3.63) is 59.9 Å². The van der Waals surface area contributed by atoms with Crippen LogP contribution in [0.2, 0.25) is 0 Å². The fraction of sp³-hybridized carbons (Fsp3) is 0.188. The molecule has 8 heteroatoms. The smallest absolute Gasteiger partial charge is 0.244 e. The van der Waals surface area contributed by atoms with Gasteiger partial charge in [0.1, 0.15) is 10.7 Å². The van der Waals surface area contributed by atoms with Gasteiger partial charge in [-0.25, -0.2) is 28.1 Å². The van der Waals surface area contributed by atoms with Crippen molar-refractivity contribution in [2.24, 2.45) is 0 Å². The Balaban J connectivity index is 1.75. The molecule has 2 aromatic heterocycles. The number of benzene rings is 1. The summed E-state index contributed by atoms with van der Waals surface area (Å²) in [6.07, 6.45) is 2.60. The first-order valence-electron chi connectivity index (χ1n) is 7.35. The number of aryl methyl sites for hydroxylation is 2. The number of sulfonamides is 1. The fourth-order valence-corrected chi connectivity index (χ4v) is 3.02. The lowest BCUT2D eigenvalue weighted by atomic mass is 10.2. The van der Waals surface area contributed by atoms with Gasteiger partial charge in [0.2, 0.25) is 10.0 Å². The van der Waals surface area contributed by atoms with Gasteiger partial charge < -0.3 is 4.98 Å². The Labute approximate surface area is 140 Å². The number of H-pyrrole nitrogens is 1. The molecule has 0 saturated carbocycles. The Morgan fingerprint density at radius 2 is 1.75 bits per heavy atom. The van der Waals surface area contributed by atoms with Crippen LogP contribution in [0.15, 0.2) is 47.6 Å². The molecule has 24 heavy (non-hydrogen) atoms. The van der Waals surface area contributed by atoms with E-state index in [-0.39, 0.29) is 11.4 Å². The molecule has 0 radical (unpaired) electrons. The van der Waals surface area contributed by atoms with E-state index in [0.29, 0.717) is 11.6 Å². The van der Waals surface area contributed by atoms with Crippen molar-refractivity contribution < 1.29 is 8.42 Å². The van der Waals surface area contributed by atoms with E-state index < -0.39 is 10.0 Å². The molecule has 0 aliphatic heterocycles. The molecule has 0 aliphatic rings. The van der Waals surface area contributed by atoms with Gasteiger partial charge in [0, 0.05) is 11.3 Å². The average molecular weight is 343 g/mol. The summed E-state index contributed by atoms with van der Waals surface area (Å²) >= 11 is 0. The van der Waals surface area contributed by atoms with Crippen LogP contribution in [0, 0.1) is 13.8 Å². The minimum Gasteiger partial charge on any atom is -0.345 e. The van der Waals surface area contributed by atoms with Gasteiger partial charge in [0.15, 0.2) is 5.82 Å². The molecule has 7 nitrogen and oxygen atoms in total. The van der Waals surface area contributed by atoms with Gasteiger partial charge in [-0.15, -0.1) is 0 Å². The van der Waals surface area contributed by atoms with E-state index in [1.807, 2.05) is 44.2 Å². The van der Waals surface area contributed by atoms with Gasteiger partial charge in [0.25, 0.3) is 0 Å². The van der Waals surface area contributed by atoms with Crippen LogP contribution in [0.3, 0.4) is 0 Å². The lowest BCUT2D eigenvalue weighted by molar-refractivity contribution is 0.578. The number of imidazole rings is 1. The first-order valence-corrected chi connectivity index (χ1v) is 8.83. The summed E-state index contributed by atoms with van der Waals surface area (Å²) in [5, 5.41) is 0. The number of nitrogens with one attached hydrogen (secondary N) is 2. The highest BCUT2D eigenvalue weighted by atomic mass is 32.2. The third-order valence-electron chi connectivity index (χ3n) is 3.58. The molecular formula is C16H17N5O2S. The number of aromatic amines is 1. The zero-order valence-electron chi connectivity index (χ0n) is 13.3. The molecule has 124 valence electrons. The molecule has 0 amide bonds. The van der Waals surface area contributed by atoms with Crippen molar-refractivity contribution in [2.45, 2.75) is 25.3 Å². The predicted molar refractivity (Wildman–Crippen MR) is 89.6 cm³/mol. The molecule has 0 bridgehead atoms. The van der Waals surface area contributed by atoms with E-state index in [1.165, 1.54) is 12.4 Å². The van der Waals surface area contributed by atoms with Crippen molar-refractivity contribution in [2.75, 3.05) is 0 Å². The van der Waals surface area contributed by atoms with Gasteiger partial charge >= 0.3 is 0 Å². The molecular weight excluding hydrogens is 326 g/mol. The van der Waals surface area contributed by atoms with Gasteiger partial charge in [-0.3, -0.25) is 0 Å². The van der Waals surface area contributed by atoms with Crippen molar-refractivity contribution >= 4 is 10.0 Å². The molecule has 2 N–H and O–H groups in total. The standard InChI is InChI=1S/C16H17N5O2S/c1-11-12(2)21-15(20-11)10-19-24(22,23)14-8-17-16(18-9-14)13-6-4-3-5-7-13/h3-9,19H,10H2,1-2H3,(H,20,21). The molecule has 0 aliphatic carbocycles. The molecule has 2 heterocycles. The van der Waals surface area contributed by atoms with Crippen LogP contribution in [0.4, 0.5) is 0 Å². The Kier molecular flexibility index (Phi) is 4.41. The Morgan fingerprint density at radius 1 is 1.08 bits per heavy atom. The lowest BCUT2D eigenvalue weighted by Crippen LogP contribution is -2.24. The van der Waals surface area contributed by atoms with Crippen molar-refractivity contribution in [3.63, 3.8) is 0 Å². The van der Waals surface area contributed by atoms with Crippen LogP contribution in [0.5, 0.6) is 0 Å². The second kappa shape index (κ2) is 6.50. The van der Waals surface area contributed by atoms with E-state index in [2.05, 4.69) is 24.7 Å². The molecule has 0 unspecified atom stereocenters. The van der Waals surface area contributed by atoms with E-state index in [0.717, 1.165) is 17.0 Å². The summed E-state index contributed by atoms with van der Waals surface area (Å²) in [7, 11) is -3.70. The summed E-state index contributed by atoms with van der Waals surface area (Å²) < 4.78 is 27.1. The Morgan fingerprint density at radius 3 is 2.33 bits per heavy atom. The largest absolute Gasteiger partial charge is 0.345 e. The summed E-state index contributed by atoms with van der Waals surface area (Å²) in [6, 6.07) is 9.37. The summed E-state index contributed by atoms with van der Waals surface area (Å²) in [4.78, 5) is 15.6. The summed E-state index contributed by atoms with van der Waals surface area (Å²) in [5.41, 5.74) is 2.59. The van der Waals surface area contributed by atoms with Gasteiger partial charge in [-0.2, -0.15) is 0 Å². The summed E-state index contributed by atoms with van der Waals surface area (Å²) in [5.74, 6) is 1.04. The predicted octanol–water partition coefficient (Wildman–Crippen LogP) is 1.96. The minimum absolute atomic E-state index is 0.0159. The third kappa shape index (κ3) is 3.50. The van der Waals surface area contributed by atoms with E-state index in [9.17, 15) is 8.42 Å². The molecule has 0 spiro atoms. The fourth-order valence-electron chi connectivity index (χ4n) is 2.14. The molecule has 3 aromatic rings. The first kappa shape index (κ1) is 16.3. The highest BCUT2D eigenvalue weighted by Crippen LogP contribution is 2.15. The second-order valence-corrected chi connectivity index (χ2v) is 7.09. The van der Waals surface area contributed by atoms with Gasteiger partial charge in [0.05, 0.1) is 24.6 Å². The number of hydrogen-bond donors (Lipinski definition) is 2. The highest BCUT2D eigenvalue weighted by Gasteiger charge is 2.16. The van der Waals surface area contributed by atoms with E-state index in [4.69, 9.17) is 0 Å². The van der Waals surface area contributed by atoms with E-state index in [1.54, 1.807) is 0 Å². The zero-order chi connectivity index (χ0) is 17.2. The van der Waals surface area contributed by atoms with Crippen LogP contribution in [0.1, 0.15) is 17.2 Å². The van der Waals surface area contributed by atoms with Crippen LogP contribution in [-0.4, -0.2) is 28.4 Å². The maximum Gasteiger partial charge on any atom is 0.244 e. The van der Waals surface area contributed by atoms with Gasteiger partial charge in [-0.1, -0.05) is 30.3 Å². The molecule has 1 aromatic carbocycles. The Hall–Kier alpha value is -2.58. The molecule has 0 atom stereocenters. The number of nitrogens with zero attached hydrogens (tertiary/aromatic N) is 3. The minimum atomic E-state index is -3.70. The second-order valence-electron chi connectivity index (χ2n) is 5.33. The van der Waals surface area contributed by atoms with Gasteiger partial charge in [-0.05, 0) is 13.8 Å². The maximum absolute atomic E-state index is 12.3. The first-order chi connectivity index (χ1) is 11.5. The molecule has 0 fully saturated rings. The highest BCUT2D eigenvalue weighted by molar-refractivity contribution is 7.89. The topological polar surface area (TPSA) is 101 Å². The maximum atomic E-state index is 12.3. The number of rotatable bonds is 5.